The summed E-state index contributed by atoms with van der Waals surface area (Å²) in [6.07, 6.45) is 2.40. The minimum atomic E-state index is 0.160. The molecule has 9 nitrogen and oxygen atoms in total. The first kappa shape index (κ1) is 19.2. The number of pyridine rings is 1. The molecule has 0 bridgehead atoms. The Kier molecular flexibility index (Phi) is 5.32. The van der Waals surface area contributed by atoms with Gasteiger partial charge in [-0.2, -0.15) is 0 Å². The molecular formula is C19H20ClN7O2. The summed E-state index contributed by atoms with van der Waals surface area (Å²) >= 11 is 6.43. The zero-order chi connectivity index (χ0) is 20.4. The lowest BCUT2D eigenvalue weighted by Crippen LogP contribution is -2.08. The van der Waals surface area contributed by atoms with Crippen LogP contribution in [0.5, 0.6) is 5.75 Å². The Bertz CT molecular complexity index is 1150. The van der Waals surface area contributed by atoms with Crippen LogP contribution in [-0.4, -0.2) is 38.0 Å². The van der Waals surface area contributed by atoms with E-state index in [1.807, 2.05) is 35.8 Å². The third kappa shape index (κ3) is 3.39. The zero-order valence-corrected chi connectivity index (χ0v) is 16.6. The van der Waals surface area contributed by atoms with Crippen LogP contribution in [0, 0.1) is 0 Å². The Morgan fingerprint density at radius 2 is 2.03 bits per heavy atom. The van der Waals surface area contributed by atoms with Gasteiger partial charge in [0.05, 0.1) is 23.5 Å². The van der Waals surface area contributed by atoms with Gasteiger partial charge in [0.15, 0.2) is 23.1 Å². The van der Waals surface area contributed by atoms with Crippen LogP contribution in [0.4, 0.5) is 5.82 Å². The van der Waals surface area contributed by atoms with Gasteiger partial charge in [0.1, 0.15) is 11.0 Å². The number of fused-ring (bicyclic) bond motifs is 1. The number of nitrogen functional groups attached to an aromatic ring is 1. The fourth-order valence-electron chi connectivity index (χ4n) is 3.17. The van der Waals surface area contributed by atoms with Crippen LogP contribution in [0.1, 0.15) is 13.3 Å². The molecule has 0 amide bonds. The van der Waals surface area contributed by atoms with Crippen molar-refractivity contribution in [3.63, 3.8) is 0 Å². The van der Waals surface area contributed by atoms with E-state index in [0.717, 1.165) is 17.5 Å². The van der Waals surface area contributed by atoms with Gasteiger partial charge in [0.25, 0.3) is 0 Å². The van der Waals surface area contributed by atoms with Crippen LogP contribution in [0.2, 0.25) is 5.02 Å². The first-order chi connectivity index (χ1) is 14.2. The summed E-state index contributed by atoms with van der Waals surface area (Å²) in [6, 6.07) is 7.48. The van der Waals surface area contributed by atoms with Gasteiger partial charge in [0.2, 0.25) is 0 Å². The van der Waals surface area contributed by atoms with Crippen LogP contribution in [-0.2, 0) is 6.54 Å². The third-order valence-corrected chi connectivity index (χ3v) is 4.84. The van der Waals surface area contributed by atoms with E-state index in [-0.39, 0.29) is 5.82 Å². The number of ether oxygens (including phenoxy) is 1. The highest BCUT2D eigenvalue weighted by Gasteiger charge is 2.24. The lowest BCUT2D eigenvalue weighted by atomic mass is 10.1. The average Bonchev–Trinajstić information content (AvgIpc) is 3.32. The van der Waals surface area contributed by atoms with Gasteiger partial charge in [-0.3, -0.25) is 0 Å². The Labute approximate surface area is 171 Å². The van der Waals surface area contributed by atoms with Gasteiger partial charge >= 0.3 is 0 Å². The van der Waals surface area contributed by atoms with Gasteiger partial charge in [-0.15, -0.1) is 0 Å². The molecule has 0 spiro atoms. The monoisotopic (exact) mass is 413 g/mol. The van der Waals surface area contributed by atoms with E-state index in [9.17, 15) is 0 Å². The van der Waals surface area contributed by atoms with E-state index in [1.165, 1.54) is 0 Å². The highest BCUT2D eigenvalue weighted by Crippen LogP contribution is 2.38. The molecule has 4 aromatic rings. The number of aryl methyl sites for hydroxylation is 1. The summed E-state index contributed by atoms with van der Waals surface area (Å²) in [5, 5.41) is 8.17. The second kappa shape index (κ2) is 8.06. The Morgan fingerprint density at radius 3 is 2.72 bits per heavy atom. The largest absolute Gasteiger partial charge is 0.490 e. The number of anilines is 1. The molecule has 3 aromatic heterocycles. The molecule has 0 unspecified atom stereocenters. The number of hydrogen-bond donors (Lipinski definition) is 2. The normalized spacial score (nSPS) is 11.3. The standard InChI is InChI=1S/C19H20ClN7O2/c1-2-27-17-13(28-9-5-8-21)10-23-14(11-6-3-4-7-12(11)20)15(17)24-19(27)16-18(22)26-29-25-16/h3-4,6-7,10H,2,5,8-9,21H2,1H3,(H2,22,26). The Balaban J connectivity index is 2.00. The molecule has 4 N–H and O–H groups in total. The van der Waals surface area contributed by atoms with Crippen molar-refractivity contribution < 1.29 is 9.37 Å². The number of hydrogen-bond acceptors (Lipinski definition) is 8. The predicted octanol–water partition coefficient (Wildman–Crippen LogP) is 3.13. The van der Waals surface area contributed by atoms with Crippen LogP contribution >= 0.6 is 11.6 Å². The molecule has 0 saturated heterocycles. The lowest BCUT2D eigenvalue weighted by Gasteiger charge is -2.12. The molecule has 0 saturated carbocycles. The van der Waals surface area contributed by atoms with Gasteiger partial charge in [0, 0.05) is 12.1 Å². The molecule has 10 heteroatoms. The van der Waals surface area contributed by atoms with Crippen LogP contribution in [0.3, 0.4) is 0 Å². The summed E-state index contributed by atoms with van der Waals surface area (Å²) in [5.41, 5.74) is 14.7. The average molecular weight is 414 g/mol. The van der Waals surface area contributed by atoms with Crippen molar-refractivity contribution in [1.82, 2.24) is 24.8 Å². The first-order valence-electron chi connectivity index (χ1n) is 9.21. The lowest BCUT2D eigenvalue weighted by molar-refractivity contribution is 0.310. The number of nitrogens with zero attached hydrogens (tertiary/aromatic N) is 5. The number of aromatic nitrogens is 5. The highest BCUT2D eigenvalue weighted by atomic mass is 35.5. The SMILES string of the molecule is CCn1c(-c2nonc2N)nc2c(-c3ccccc3Cl)ncc(OCCCN)c21. The second-order valence-corrected chi connectivity index (χ2v) is 6.72. The number of benzene rings is 1. The van der Waals surface area contributed by atoms with Crippen molar-refractivity contribution >= 4 is 28.5 Å². The molecule has 150 valence electrons. The quantitative estimate of drug-likeness (QED) is 0.442. The van der Waals surface area contributed by atoms with Gasteiger partial charge in [-0.25, -0.2) is 14.6 Å². The van der Waals surface area contributed by atoms with Gasteiger partial charge < -0.3 is 20.8 Å². The molecule has 0 aliphatic heterocycles. The fourth-order valence-corrected chi connectivity index (χ4v) is 3.40. The molecule has 3 heterocycles. The summed E-state index contributed by atoms with van der Waals surface area (Å²) in [6.45, 7) is 3.59. The van der Waals surface area contributed by atoms with Crippen LogP contribution in [0.25, 0.3) is 33.8 Å². The molecule has 0 aliphatic carbocycles. The molecular weight excluding hydrogens is 394 g/mol. The van der Waals surface area contributed by atoms with E-state index in [4.69, 9.17) is 37.4 Å². The Morgan fingerprint density at radius 1 is 1.21 bits per heavy atom. The Hall–Kier alpha value is -3.17. The zero-order valence-electron chi connectivity index (χ0n) is 15.8. The molecule has 4 rings (SSSR count). The number of nitrogens with two attached hydrogens (primary N) is 2. The van der Waals surface area contributed by atoms with Gasteiger partial charge in [-0.1, -0.05) is 29.8 Å². The van der Waals surface area contributed by atoms with Crippen molar-refractivity contribution in [1.29, 1.82) is 0 Å². The smallest absolute Gasteiger partial charge is 0.199 e. The van der Waals surface area contributed by atoms with Crippen molar-refractivity contribution in [3.05, 3.63) is 35.5 Å². The minimum absolute atomic E-state index is 0.160. The van der Waals surface area contributed by atoms with Gasteiger partial charge in [-0.05, 0) is 36.3 Å². The molecule has 0 atom stereocenters. The molecule has 0 aliphatic rings. The van der Waals surface area contributed by atoms with Crippen molar-refractivity contribution in [2.24, 2.45) is 5.73 Å². The van der Waals surface area contributed by atoms with Crippen molar-refractivity contribution in [3.8, 4) is 28.5 Å². The summed E-state index contributed by atoms with van der Waals surface area (Å²) in [7, 11) is 0. The molecule has 29 heavy (non-hydrogen) atoms. The highest BCUT2D eigenvalue weighted by molar-refractivity contribution is 6.33. The summed E-state index contributed by atoms with van der Waals surface area (Å²) < 4.78 is 12.7. The second-order valence-electron chi connectivity index (χ2n) is 6.32. The fraction of sp³-hybridized carbons (Fsp3) is 0.263. The maximum atomic E-state index is 6.43. The number of halogens is 1. The minimum Gasteiger partial charge on any atom is -0.490 e. The number of rotatable bonds is 7. The maximum absolute atomic E-state index is 6.43. The van der Waals surface area contributed by atoms with E-state index < -0.39 is 0 Å². The van der Waals surface area contributed by atoms with E-state index >= 15 is 0 Å². The molecule has 0 radical (unpaired) electrons. The topological polar surface area (TPSA) is 131 Å². The summed E-state index contributed by atoms with van der Waals surface area (Å²) in [4.78, 5) is 9.39. The third-order valence-electron chi connectivity index (χ3n) is 4.51. The van der Waals surface area contributed by atoms with Crippen LogP contribution < -0.4 is 16.2 Å². The van der Waals surface area contributed by atoms with Crippen molar-refractivity contribution in [2.75, 3.05) is 18.9 Å². The van der Waals surface area contributed by atoms with Crippen LogP contribution in [0.15, 0.2) is 35.1 Å². The van der Waals surface area contributed by atoms with E-state index in [2.05, 4.69) is 15.3 Å². The predicted molar refractivity (Wildman–Crippen MR) is 111 cm³/mol. The molecule has 1 aromatic carbocycles. The maximum Gasteiger partial charge on any atom is 0.199 e. The molecule has 0 fully saturated rings. The number of imidazole rings is 1. The summed E-state index contributed by atoms with van der Waals surface area (Å²) in [5.74, 6) is 1.28. The van der Waals surface area contributed by atoms with Crippen molar-refractivity contribution in [2.45, 2.75) is 19.9 Å². The van der Waals surface area contributed by atoms with E-state index in [1.54, 1.807) is 6.20 Å². The first-order valence-corrected chi connectivity index (χ1v) is 9.58. The van der Waals surface area contributed by atoms with E-state index in [0.29, 0.717) is 53.2 Å².